The van der Waals surface area contributed by atoms with E-state index in [9.17, 15) is 4.79 Å². The molecule has 0 saturated carbocycles. The quantitative estimate of drug-likeness (QED) is 0.821. The number of nitrogens with zero attached hydrogens (tertiary/aromatic N) is 3. The van der Waals surface area contributed by atoms with Crippen molar-refractivity contribution in [3.63, 3.8) is 0 Å². The van der Waals surface area contributed by atoms with Gasteiger partial charge in [-0.05, 0) is 50.6 Å². The molecule has 2 aliphatic heterocycles. The number of carbonyl (C=O) groups excluding carboxylic acids is 1. The summed E-state index contributed by atoms with van der Waals surface area (Å²) >= 11 is 0. The standard InChI is InChI=1S/C20H31N3O2/c1-3-15-25-19-5-4-10-23(16-19)20(24)17-6-8-18(9-7-17)22-13-11-21(2)12-14-22/h6-9,19H,3-5,10-16H2,1-2H3/t19-/m1/s1. The molecule has 1 aromatic carbocycles. The van der Waals surface area contributed by atoms with Gasteiger partial charge in [-0.2, -0.15) is 0 Å². The molecule has 2 aliphatic rings. The molecule has 3 rings (SSSR count). The zero-order chi connectivity index (χ0) is 17.6. The van der Waals surface area contributed by atoms with Crippen molar-refractivity contribution >= 4 is 11.6 Å². The van der Waals surface area contributed by atoms with E-state index in [4.69, 9.17) is 4.74 Å². The van der Waals surface area contributed by atoms with E-state index in [0.717, 1.165) is 70.7 Å². The molecule has 0 N–H and O–H groups in total. The van der Waals surface area contributed by atoms with Crippen molar-refractivity contribution in [2.45, 2.75) is 32.3 Å². The third-order valence-electron chi connectivity index (χ3n) is 5.21. The molecular formula is C20H31N3O2. The monoisotopic (exact) mass is 345 g/mol. The van der Waals surface area contributed by atoms with Crippen LogP contribution in [0.15, 0.2) is 24.3 Å². The molecule has 5 heteroatoms. The predicted octanol–water partition coefficient (Wildman–Crippen LogP) is 2.47. The van der Waals surface area contributed by atoms with Crippen molar-refractivity contribution in [2.24, 2.45) is 0 Å². The highest BCUT2D eigenvalue weighted by atomic mass is 16.5. The molecule has 0 spiro atoms. The molecule has 2 fully saturated rings. The number of ether oxygens (including phenoxy) is 1. The van der Waals surface area contributed by atoms with Gasteiger partial charge < -0.3 is 19.4 Å². The van der Waals surface area contributed by atoms with Crippen LogP contribution in [0.2, 0.25) is 0 Å². The molecule has 1 amide bonds. The Morgan fingerprint density at radius 1 is 1.12 bits per heavy atom. The first-order valence-corrected chi connectivity index (χ1v) is 9.62. The van der Waals surface area contributed by atoms with Crippen LogP contribution in [0.4, 0.5) is 5.69 Å². The van der Waals surface area contributed by atoms with Crippen LogP contribution >= 0.6 is 0 Å². The van der Waals surface area contributed by atoms with E-state index >= 15 is 0 Å². The summed E-state index contributed by atoms with van der Waals surface area (Å²) in [6.07, 6.45) is 3.31. The van der Waals surface area contributed by atoms with Crippen LogP contribution < -0.4 is 4.90 Å². The molecule has 138 valence electrons. The van der Waals surface area contributed by atoms with Crippen LogP contribution in [0.3, 0.4) is 0 Å². The highest BCUT2D eigenvalue weighted by Gasteiger charge is 2.25. The molecule has 0 aromatic heterocycles. The maximum Gasteiger partial charge on any atom is 0.253 e. The molecule has 0 bridgehead atoms. The third-order valence-corrected chi connectivity index (χ3v) is 5.21. The van der Waals surface area contributed by atoms with Gasteiger partial charge in [0.05, 0.1) is 6.10 Å². The second-order valence-electron chi connectivity index (χ2n) is 7.22. The summed E-state index contributed by atoms with van der Waals surface area (Å²) in [5, 5.41) is 0. The first-order chi connectivity index (χ1) is 12.2. The number of anilines is 1. The van der Waals surface area contributed by atoms with E-state index < -0.39 is 0 Å². The SMILES string of the molecule is CCCO[C@@H]1CCCN(C(=O)c2ccc(N3CCN(C)CC3)cc2)C1. The first kappa shape index (κ1) is 18.2. The second kappa shape index (κ2) is 8.68. The van der Waals surface area contributed by atoms with Crippen LogP contribution in [-0.2, 0) is 4.74 Å². The predicted molar refractivity (Wildman–Crippen MR) is 101 cm³/mol. The van der Waals surface area contributed by atoms with Crippen molar-refractivity contribution in [2.75, 3.05) is 57.8 Å². The molecule has 2 heterocycles. The molecule has 0 radical (unpaired) electrons. The summed E-state index contributed by atoms with van der Waals surface area (Å²) < 4.78 is 5.85. The topological polar surface area (TPSA) is 36.0 Å². The lowest BCUT2D eigenvalue weighted by Crippen LogP contribution is -2.44. The highest BCUT2D eigenvalue weighted by molar-refractivity contribution is 5.94. The number of piperidine rings is 1. The minimum Gasteiger partial charge on any atom is -0.376 e. The van der Waals surface area contributed by atoms with Gasteiger partial charge >= 0.3 is 0 Å². The van der Waals surface area contributed by atoms with E-state index in [1.165, 1.54) is 5.69 Å². The molecule has 0 aliphatic carbocycles. The second-order valence-corrected chi connectivity index (χ2v) is 7.22. The van der Waals surface area contributed by atoms with E-state index in [1.54, 1.807) is 0 Å². The Morgan fingerprint density at radius 2 is 1.84 bits per heavy atom. The summed E-state index contributed by atoms with van der Waals surface area (Å²) in [6.45, 7) is 8.74. The van der Waals surface area contributed by atoms with Crippen LogP contribution in [0.25, 0.3) is 0 Å². The average molecular weight is 345 g/mol. The molecule has 2 saturated heterocycles. The number of hydrogen-bond acceptors (Lipinski definition) is 4. The Balaban J connectivity index is 1.58. The first-order valence-electron chi connectivity index (χ1n) is 9.62. The Kier molecular flexibility index (Phi) is 6.32. The lowest BCUT2D eigenvalue weighted by molar-refractivity contribution is 0.00211. The normalized spacial score (nSPS) is 22.2. The Bertz CT molecular complexity index is 553. The minimum atomic E-state index is 0.134. The fraction of sp³-hybridized carbons (Fsp3) is 0.650. The largest absolute Gasteiger partial charge is 0.376 e. The number of benzene rings is 1. The maximum atomic E-state index is 12.8. The van der Waals surface area contributed by atoms with Gasteiger partial charge in [-0.15, -0.1) is 0 Å². The number of hydrogen-bond donors (Lipinski definition) is 0. The number of carbonyl (C=O) groups is 1. The van der Waals surface area contributed by atoms with Crippen molar-refractivity contribution < 1.29 is 9.53 Å². The lowest BCUT2D eigenvalue weighted by atomic mass is 10.1. The van der Waals surface area contributed by atoms with Gasteiger partial charge in [0.2, 0.25) is 0 Å². The average Bonchev–Trinajstić information content (AvgIpc) is 2.67. The van der Waals surface area contributed by atoms with Gasteiger partial charge in [0.1, 0.15) is 0 Å². The zero-order valence-electron chi connectivity index (χ0n) is 15.6. The van der Waals surface area contributed by atoms with Crippen molar-refractivity contribution in [1.82, 2.24) is 9.80 Å². The van der Waals surface area contributed by atoms with Crippen molar-refractivity contribution in [3.8, 4) is 0 Å². The summed E-state index contributed by atoms with van der Waals surface area (Å²) in [6, 6.07) is 8.14. The lowest BCUT2D eigenvalue weighted by Gasteiger charge is -2.34. The molecule has 5 nitrogen and oxygen atoms in total. The number of piperazine rings is 1. The zero-order valence-corrected chi connectivity index (χ0v) is 15.6. The van der Waals surface area contributed by atoms with Crippen molar-refractivity contribution in [3.05, 3.63) is 29.8 Å². The Labute approximate surface area is 151 Å². The molecule has 0 unspecified atom stereocenters. The molecule has 1 aromatic rings. The number of rotatable bonds is 5. The van der Waals surface area contributed by atoms with Gasteiger partial charge in [-0.25, -0.2) is 0 Å². The van der Waals surface area contributed by atoms with E-state index in [1.807, 2.05) is 17.0 Å². The number of amides is 1. The Hall–Kier alpha value is -1.59. The minimum absolute atomic E-state index is 0.134. The van der Waals surface area contributed by atoms with Gasteiger partial charge in [-0.1, -0.05) is 6.92 Å². The summed E-state index contributed by atoms with van der Waals surface area (Å²) in [5.41, 5.74) is 2.00. The molecular weight excluding hydrogens is 314 g/mol. The van der Waals surface area contributed by atoms with Gasteiger partial charge in [0.15, 0.2) is 0 Å². The Morgan fingerprint density at radius 3 is 2.52 bits per heavy atom. The van der Waals surface area contributed by atoms with Crippen LogP contribution in [0.1, 0.15) is 36.5 Å². The van der Waals surface area contributed by atoms with E-state index in [-0.39, 0.29) is 12.0 Å². The smallest absolute Gasteiger partial charge is 0.253 e. The van der Waals surface area contributed by atoms with Gasteiger partial charge in [0.25, 0.3) is 5.91 Å². The molecule has 25 heavy (non-hydrogen) atoms. The summed E-state index contributed by atoms with van der Waals surface area (Å²) in [4.78, 5) is 19.5. The highest BCUT2D eigenvalue weighted by Crippen LogP contribution is 2.20. The van der Waals surface area contributed by atoms with Crippen LogP contribution in [0.5, 0.6) is 0 Å². The number of likely N-dealkylation sites (tertiary alicyclic amines) is 1. The summed E-state index contributed by atoms with van der Waals surface area (Å²) in [7, 11) is 2.16. The fourth-order valence-corrected chi connectivity index (χ4v) is 3.61. The maximum absolute atomic E-state index is 12.8. The van der Waals surface area contributed by atoms with Gasteiger partial charge in [-0.3, -0.25) is 4.79 Å². The van der Waals surface area contributed by atoms with Crippen LogP contribution in [-0.4, -0.2) is 74.7 Å². The van der Waals surface area contributed by atoms with E-state index in [0.29, 0.717) is 0 Å². The van der Waals surface area contributed by atoms with Gasteiger partial charge in [0, 0.05) is 57.1 Å². The van der Waals surface area contributed by atoms with E-state index in [2.05, 4.69) is 35.9 Å². The fourth-order valence-electron chi connectivity index (χ4n) is 3.61. The summed E-state index contributed by atoms with van der Waals surface area (Å²) in [5.74, 6) is 0.134. The van der Waals surface area contributed by atoms with Crippen molar-refractivity contribution in [1.29, 1.82) is 0 Å². The number of likely N-dealkylation sites (N-methyl/N-ethyl adjacent to an activating group) is 1. The van der Waals surface area contributed by atoms with Crippen LogP contribution in [0, 0.1) is 0 Å². The third kappa shape index (κ3) is 4.73. The molecule has 1 atom stereocenters.